The second-order valence-corrected chi connectivity index (χ2v) is 19.7. The predicted octanol–water partition coefficient (Wildman–Crippen LogP) is 12.1. The molecule has 0 aliphatic rings. The van der Waals surface area contributed by atoms with Gasteiger partial charge in [0.1, 0.15) is 5.58 Å². The molecule has 0 spiro atoms. The summed E-state index contributed by atoms with van der Waals surface area (Å²) in [4.78, 5) is 9.69. The smallest absolute Gasteiger partial charge is 0.120 e. The molecule has 0 atom stereocenters. The van der Waals surface area contributed by atoms with Crippen LogP contribution < -0.4 is 5.19 Å². The minimum atomic E-state index is -1.27. The summed E-state index contributed by atoms with van der Waals surface area (Å²) < 4.78 is 8.65. The van der Waals surface area contributed by atoms with Crippen molar-refractivity contribution >= 4 is 46.2 Å². The van der Waals surface area contributed by atoms with Gasteiger partial charge in [-0.3, -0.25) is 4.98 Å². The van der Waals surface area contributed by atoms with E-state index in [0.717, 1.165) is 61.3 Å². The first-order chi connectivity index (χ1) is 25.7. The molecule has 9 rings (SSSR count). The third kappa shape index (κ3) is 7.01. The first-order valence-electron chi connectivity index (χ1n) is 18.1. The molecular weight excluding hydrogens is 855 g/mol. The van der Waals surface area contributed by atoms with Crippen molar-refractivity contribution in [1.82, 2.24) is 14.5 Å². The van der Waals surface area contributed by atoms with Crippen molar-refractivity contribution in [3.05, 3.63) is 168 Å². The Kier molecular flexibility index (Phi) is 10.4. The van der Waals surface area contributed by atoms with E-state index < -0.39 is 8.07 Å². The van der Waals surface area contributed by atoms with Crippen LogP contribution in [0.3, 0.4) is 0 Å². The van der Waals surface area contributed by atoms with Crippen molar-refractivity contribution < 1.29 is 24.5 Å². The molecule has 269 valence electrons. The van der Waals surface area contributed by atoms with E-state index in [-0.39, 0.29) is 20.1 Å². The largest absolute Gasteiger partial charge is 0.501 e. The number of benzene rings is 6. The van der Waals surface area contributed by atoms with Crippen LogP contribution >= 0.6 is 0 Å². The molecule has 54 heavy (non-hydrogen) atoms. The zero-order valence-electron chi connectivity index (χ0n) is 31.4. The van der Waals surface area contributed by atoms with Gasteiger partial charge in [-0.25, -0.2) is 0 Å². The van der Waals surface area contributed by atoms with Gasteiger partial charge < -0.3 is 14.0 Å². The fourth-order valence-electron chi connectivity index (χ4n) is 7.42. The van der Waals surface area contributed by atoms with Gasteiger partial charge >= 0.3 is 0 Å². The first kappa shape index (κ1) is 36.9. The Hall–Kier alpha value is -5.39. The summed E-state index contributed by atoms with van der Waals surface area (Å²) in [5.74, 6) is 0.833. The first-order valence-corrected chi connectivity index (χ1v) is 21.6. The molecule has 0 bridgehead atoms. The van der Waals surface area contributed by atoms with Gasteiger partial charge in [0.05, 0.1) is 30.5 Å². The van der Waals surface area contributed by atoms with Gasteiger partial charge in [-0.1, -0.05) is 103 Å². The van der Waals surface area contributed by atoms with Crippen LogP contribution in [0.25, 0.3) is 72.4 Å². The zero-order chi connectivity index (χ0) is 36.7. The van der Waals surface area contributed by atoms with E-state index >= 15 is 0 Å². The number of hydrogen-bond donors (Lipinski definition) is 0. The van der Waals surface area contributed by atoms with Crippen LogP contribution in [0.4, 0.5) is 0 Å². The van der Waals surface area contributed by atoms with Crippen molar-refractivity contribution in [2.24, 2.45) is 0 Å². The third-order valence-corrected chi connectivity index (χ3v) is 12.0. The maximum Gasteiger partial charge on any atom is 0.120 e. The van der Waals surface area contributed by atoms with Crippen molar-refractivity contribution in [3.63, 3.8) is 0 Å². The number of fused-ring (bicyclic) bond motifs is 4. The van der Waals surface area contributed by atoms with Crippen molar-refractivity contribution in [2.45, 2.75) is 40.4 Å². The summed E-state index contributed by atoms with van der Waals surface area (Å²) in [5, 5.41) is 3.62. The van der Waals surface area contributed by atoms with Crippen LogP contribution in [0.5, 0.6) is 0 Å². The van der Waals surface area contributed by atoms with E-state index in [2.05, 4.69) is 153 Å². The number of rotatable bonds is 5. The average molecular weight is 896 g/mol. The fraction of sp³-hybridized carbons (Fsp3) is 0.125. The van der Waals surface area contributed by atoms with E-state index in [1.807, 2.05) is 48.5 Å². The number of hydrogen-bond acceptors (Lipinski definition) is 3. The molecule has 0 unspecified atom stereocenters. The number of imidazole rings is 1. The van der Waals surface area contributed by atoms with Crippen molar-refractivity contribution in [3.8, 4) is 39.5 Å². The Morgan fingerprint density at radius 3 is 2.07 bits per heavy atom. The molecular formula is C48H41IrN3OSi-2. The molecule has 1 radical (unpaired) electrons. The minimum absolute atomic E-state index is 0. The minimum Gasteiger partial charge on any atom is -0.501 e. The normalized spacial score (nSPS) is 11.4. The summed E-state index contributed by atoms with van der Waals surface area (Å²) in [6, 6.07) is 52.4. The number of nitrogens with zero attached hydrogens (tertiary/aromatic N) is 3. The second kappa shape index (κ2) is 15.2. The Morgan fingerprint density at radius 1 is 0.648 bits per heavy atom. The molecule has 6 heteroatoms. The van der Waals surface area contributed by atoms with Gasteiger partial charge in [-0.15, -0.1) is 54.1 Å². The van der Waals surface area contributed by atoms with E-state index in [1.165, 1.54) is 33.0 Å². The summed E-state index contributed by atoms with van der Waals surface area (Å²) in [5.41, 5.74) is 13.9. The van der Waals surface area contributed by atoms with Gasteiger partial charge in [0.25, 0.3) is 0 Å². The van der Waals surface area contributed by atoms with Crippen molar-refractivity contribution in [2.75, 3.05) is 0 Å². The van der Waals surface area contributed by atoms with E-state index in [0.29, 0.717) is 0 Å². The van der Waals surface area contributed by atoms with Crippen LogP contribution in [0, 0.1) is 32.9 Å². The Bertz CT molecular complexity index is 2720. The van der Waals surface area contributed by atoms with Gasteiger partial charge in [-0.05, 0) is 84.2 Å². The molecule has 0 aliphatic carbocycles. The molecule has 0 fully saturated rings. The quantitative estimate of drug-likeness (QED) is 0.128. The number of aryl methyl sites for hydroxylation is 3. The molecule has 3 heterocycles. The topological polar surface area (TPSA) is 43.9 Å². The van der Waals surface area contributed by atoms with Crippen LogP contribution in [-0.2, 0) is 20.1 Å². The summed E-state index contributed by atoms with van der Waals surface area (Å²) in [6.45, 7) is 13.6. The molecule has 0 saturated heterocycles. The number of furan rings is 1. The molecule has 0 aliphatic heterocycles. The zero-order valence-corrected chi connectivity index (χ0v) is 34.8. The van der Waals surface area contributed by atoms with Crippen molar-refractivity contribution in [1.29, 1.82) is 0 Å². The second-order valence-electron chi connectivity index (χ2n) is 14.7. The number of aromatic nitrogens is 3. The Balaban J connectivity index is 0.000000211. The van der Waals surface area contributed by atoms with Crippen LogP contribution in [0.15, 0.2) is 144 Å². The molecule has 3 aromatic heterocycles. The van der Waals surface area contributed by atoms with Gasteiger partial charge in [0.2, 0.25) is 0 Å². The van der Waals surface area contributed by atoms with Gasteiger partial charge in [0, 0.05) is 37.4 Å². The van der Waals surface area contributed by atoms with Crippen LogP contribution in [-0.4, -0.2) is 22.6 Å². The molecule has 9 aromatic rings. The maximum atomic E-state index is 6.38. The molecule has 0 amide bonds. The molecule has 4 nitrogen and oxygen atoms in total. The SMILES string of the molecule is Cc1cc(-c2[c-]cccc2)ncc1[Si](C)(C)C.Cc1cc(-c2ccccc2)cc(C)c1-n1c(-c2[c-]ccc3c2oc2ccccc23)nc2ccccc21.[Ir]. The van der Waals surface area contributed by atoms with E-state index in [4.69, 9.17) is 9.40 Å². The Labute approximate surface area is 331 Å². The number of pyridine rings is 1. The molecule has 0 saturated carbocycles. The molecule has 0 N–H and O–H groups in total. The predicted molar refractivity (Wildman–Crippen MR) is 224 cm³/mol. The summed E-state index contributed by atoms with van der Waals surface area (Å²) in [6.07, 6.45) is 2.05. The van der Waals surface area contributed by atoms with E-state index in [1.54, 1.807) is 0 Å². The monoisotopic (exact) mass is 896 g/mol. The third-order valence-electron chi connectivity index (χ3n) is 9.85. The number of para-hydroxylation sites is 3. The summed E-state index contributed by atoms with van der Waals surface area (Å²) in [7, 11) is -1.27. The molecule has 6 aromatic carbocycles. The standard InChI is InChI=1S/C33H23N2O.C15H18NSi.Ir/c1-21-19-24(23-11-4-3-5-12-23)20-22(2)31(21)35-29-17-8-7-16-28(29)34-33(35)27-15-10-14-26-25-13-6-9-18-30(25)36-32(26)27;1-12-10-14(13-8-6-5-7-9-13)16-11-15(12)17(2,3)4;/h3-14,16-20H,1-2H3;5-8,10-11H,1-4H3;/q2*-1;. The van der Waals surface area contributed by atoms with Gasteiger partial charge in [0.15, 0.2) is 0 Å². The fourth-order valence-corrected chi connectivity index (χ4v) is 9.13. The Morgan fingerprint density at radius 2 is 1.35 bits per heavy atom. The van der Waals surface area contributed by atoms with Crippen LogP contribution in [0.2, 0.25) is 19.6 Å². The average Bonchev–Trinajstić information content (AvgIpc) is 3.74. The van der Waals surface area contributed by atoms with Gasteiger partial charge in [-0.2, -0.15) is 0 Å². The van der Waals surface area contributed by atoms with Crippen LogP contribution in [0.1, 0.15) is 16.7 Å². The van der Waals surface area contributed by atoms with E-state index in [9.17, 15) is 0 Å². The maximum absolute atomic E-state index is 6.38. The summed E-state index contributed by atoms with van der Waals surface area (Å²) >= 11 is 0.